The molecule has 4 aromatic rings. The Morgan fingerprint density at radius 1 is 1.17 bits per heavy atom. The van der Waals surface area contributed by atoms with Crippen LogP contribution in [0.5, 0.6) is 5.75 Å². The van der Waals surface area contributed by atoms with Gasteiger partial charge in [0.1, 0.15) is 24.0 Å². The highest BCUT2D eigenvalue weighted by atomic mass is 32.1. The van der Waals surface area contributed by atoms with Crippen LogP contribution in [0.4, 0.5) is 5.82 Å². The standard InChI is InChI=1S/C28H31N5O2S/c1-18(20-7-6-8-22(13-20)35-16-26(34)23-9-4-3-5-12-29-23)31-28-15-25(32-19(2)33-28)21-10-11-24-27(14-21)36-17-30-24/h6-8,10-11,13-15,17-18,23,29H,3-5,9,12,16H2,1-2H3,(H,31,32,33). The van der Waals surface area contributed by atoms with Crippen LogP contribution >= 0.6 is 11.3 Å². The van der Waals surface area contributed by atoms with Crippen LogP contribution in [0.3, 0.4) is 0 Å². The van der Waals surface area contributed by atoms with Crippen molar-refractivity contribution in [2.45, 2.75) is 51.6 Å². The van der Waals surface area contributed by atoms with Crippen molar-refractivity contribution in [2.24, 2.45) is 0 Å². The topological polar surface area (TPSA) is 89.0 Å². The van der Waals surface area contributed by atoms with Crippen LogP contribution in [0.25, 0.3) is 21.5 Å². The predicted molar refractivity (Wildman–Crippen MR) is 145 cm³/mol. The van der Waals surface area contributed by atoms with E-state index < -0.39 is 0 Å². The minimum Gasteiger partial charge on any atom is -0.486 e. The molecule has 0 amide bonds. The van der Waals surface area contributed by atoms with E-state index in [-0.39, 0.29) is 24.5 Å². The lowest BCUT2D eigenvalue weighted by Gasteiger charge is -2.18. The molecule has 186 valence electrons. The molecule has 0 saturated carbocycles. The van der Waals surface area contributed by atoms with Gasteiger partial charge in [-0.1, -0.05) is 31.0 Å². The van der Waals surface area contributed by atoms with Crippen molar-refractivity contribution in [1.29, 1.82) is 0 Å². The second-order valence-corrected chi connectivity index (χ2v) is 10.2. The first-order valence-electron chi connectivity index (χ1n) is 12.5. The van der Waals surface area contributed by atoms with E-state index in [1.807, 2.05) is 54.9 Å². The number of carbonyl (C=O) groups is 1. The number of thiazole rings is 1. The summed E-state index contributed by atoms with van der Waals surface area (Å²) < 4.78 is 7.02. The molecule has 1 aliphatic heterocycles. The van der Waals surface area contributed by atoms with E-state index in [4.69, 9.17) is 4.74 Å². The molecular weight excluding hydrogens is 470 g/mol. The monoisotopic (exact) mass is 501 g/mol. The first-order valence-corrected chi connectivity index (χ1v) is 13.4. The molecule has 2 aromatic heterocycles. The van der Waals surface area contributed by atoms with E-state index in [0.29, 0.717) is 11.6 Å². The average Bonchev–Trinajstić information content (AvgIpc) is 3.18. The van der Waals surface area contributed by atoms with Gasteiger partial charge in [-0.05, 0) is 63.1 Å². The zero-order valence-electron chi connectivity index (χ0n) is 20.7. The van der Waals surface area contributed by atoms with Crippen LogP contribution in [0.1, 0.15) is 50.0 Å². The number of anilines is 1. The largest absolute Gasteiger partial charge is 0.486 e. The van der Waals surface area contributed by atoms with Gasteiger partial charge in [0.05, 0.1) is 33.5 Å². The molecule has 2 aromatic carbocycles. The molecule has 1 aliphatic rings. The Hall–Kier alpha value is -3.36. The van der Waals surface area contributed by atoms with Crippen molar-refractivity contribution in [2.75, 3.05) is 18.5 Å². The second-order valence-electron chi connectivity index (χ2n) is 9.27. The number of hydrogen-bond acceptors (Lipinski definition) is 8. The smallest absolute Gasteiger partial charge is 0.186 e. The van der Waals surface area contributed by atoms with E-state index in [1.165, 1.54) is 6.42 Å². The summed E-state index contributed by atoms with van der Waals surface area (Å²) in [6.07, 6.45) is 4.29. The van der Waals surface area contributed by atoms with Crippen molar-refractivity contribution >= 4 is 33.2 Å². The SMILES string of the molecule is Cc1nc(NC(C)c2cccc(OCC(=O)C3CCCCCN3)c2)cc(-c2ccc3ncsc3c2)n1. The molecule has 36 heavy (non-hydrogen) atoms. The Morgan fingerprint density at radius 2 is 2.08 bits per heavy atom. The summed E-state index contributed by atoms with van der Waals surface area (Å²) in [7, 11) is 0. The summed E-state index contributed by atoms with van der Waals surface area (Å²) in [5.41, 5.74) is 5.81. The van der Waals surface area contributed by atoms with E-state index in [9.17, 15) is 4.79 Å². The fraction of sp³-hybridized carbons (Fsp3) is 0.357. The van der Waals surface area contributed by atoms with E-state index >= 15 is 0 Å². The van der Waals surface area contributed by atoms with Gasteiger partial charge in [0, 0.05) is 11.6 Å². The number of rotatable bonds is 8. The van der Waals surface area contributed by atoms with Crippen molar-refractivity contribution < 1.29 is 9.53 Å². The molecule has 0 radical (unpaired) electrons. The van der Waals surface area contributed by atoms with Crippen LogP contribution in [-0.4, -0.2) is 39.9 Å². The van der Waals surface area contributed by atoms with Crippen molar-refractivity contribution in [3.05, 3.63) is 65.4 Å². The molecule has 7 nitrogen and oxygen atoms in total. The molecular formula is C28H31N5O2S. The number of aryl methyl sites for hydroxylation is 1. The first-order chi connectivity index (χ1) is 17.5. The lowest BCUT2D eigenvalue weighted by Crippen LogP contribution is -2.38. The molecule has 8 heteroatoms. The third-order valence-electron chi connectivity index (χ3n) is 6.52. The molecule has 1 fully saturated rings. The van der Waals surface area contributed by atoms with Gasteiger partial charge in [0.25, 0.3) is 0 Å². The molecule has 0 bridgehead atoms. The maximum absolute atomic E-state index is 12.6. The Morgan fingerprint density at radius 3 is 3.00 bits per heavy atom. The Bertz CT molecular complexity index is 1350. The van der Waals surface area contributed by atoms with Gasteiger partial charge in [-0.15, -0.1) is 11.3 Å². The number of Topliss-reactive ketones (excluding diaryl/α,β-unsaturated/α-hetero) is 1. The van der Waals surface area contributed by atoms with Crippen molar-refractivity contribution in [3.63, 3.8) is 0 Å². The Balaban J connectivity index is 1.26. The lowest BCUT2D eigenvalue weighted by molar-refractivity contribution is -0.123. The van der Waals surface area contributed by atoms with E-state index in [1.54, 1.807) is 11.3 Å². The molecule has 1 saturated heterocycles. The third kappa shape index (κ3) is 5.88. The van der Waals surface area contributed by atoms with Crippen LogP contribution < -0.4 is 15.4 Å². The number of ether oxygens (including phenoxy) is 1. The maximum Gasteiger partial charge on any atom is 0.186 e. The summed E-state index contributed by atoms with van der Waals surface area (Å²) in [5, 5.41) is 6.85. The van der Waals surface area contributed by atoms with Gasteiger partial charge >= 0.3 is 0 Å². The second kappa shape index (κ2) is 11.1. The normalized spacial score (nSPS) is 16.9. The molecule has 3 heterocycles. The molecule has 5 rings (SSSR count). The highest BCUT2D eigenvalue weighted by Gasteiger charge is 2.20. The zero-order chi connectivity index (χ0) is 24.9. The fourth-order valence-electron chi connectivity index (χ4n) is 4.54. The van der Waals surface area contributed by atoms with E-state index in [2.05, 4.69) is 38.6 Å². The molecule has 2 unspecified atom stereocenters. The van der Waals surface area contributed by atoms with Crippen LogP contribution in [0, 0.1) is 6.92 Å². The van der Waals surface area contributed by atoms with E-state index in [0.717, 1.165) is 58.7 Å². The Labute approximate surface area is 215 Å². The zero-order valence-corrected chi connectivity index (χ0v) is 21.5. The molecule has 0 aliphatic carbocycles. The number of benzene rings is 2. The van der Waals surface area contributed by atoms with Gasteiger partial charge in [-0.3, -0.25) is 4.79 Å². The van der Waals surface area contributed by atoms with Crippen LogP contribution in [0.2, 0.25) is 0 Å². The van der Waals surface area contributed by atoms with Gasteiger partial charge in [-0.2, -0.15) is 0 Å². The highest BCUT2D eigenvalue weighted by molar-refractivity contribution is 7.16. The minimum absolute atomic E-state index is 0.0149. The van der Waals surface area contributed by atoms with Gasteiger partial charge in [0.2, 0.25) is 0 Å². The minimum atomic E-state index is -0.0942. The fourth-order valence-corrected chi connectivity index (χ4v) is 5.26. The van der Waals surface area contributed by atoms with Gasteiger partial charge in [0.15, 0.2) is 5.78 Å². The average molecular weight is 502 g/mol. The van der Waals surface area contributed by atoms with Crippen molar-refractivity contribution in [3.8, 4) is 17.0 Å². The number of nitrogens with zero attached hydrogens (tertiary/aromatic N) is 3. The number of aromatic nitrogens is 3. The molecule has 0 spiro atoms. The molecule has 2 N–H and O–H groups in total. The van der Waals surface area contributed by atoms with Crippen molar-refractivity contribution in [1.82, 2.24) is 20.3 Å². The van der Waals surface area contributed by atoms with Gasteiger partial charge < -0.3 is 15.4 Å². The summed E-state index contributed by atoms with van der Waals surface area (Å²) >= 11 is 1.62. The Kier molecular flexibility index (Phi) is 7.53. The quantitative estimate of drug-likeness (QED) is 0.319. The third-order valence-corrected chi connectivity index (χ3v) is 7.31. The number of fused-ring (bicyclic) bond motifs is 1. The summed E-state index contributed by atoms with van der Waals surface area (Å²) in [5.74, 6) is 2.28. The summed E-state index contributed by atoms with van der Waals surface area (Å²) in [6.45, 7) is 4.97. The molecule has 2 atom stereocenters. The lowest BCUT2D eigenvalue weighted by atomic mass is 10.1. The number of ketones is 1. The number of nitrogens with one attached hydrogen (secondary N) is 2. The summed E-state index contributed by atoms with van der Waals surface area (Å²) in [4.78, 5) is 26.2. The van der Waals surface area contributed by atoms with Crippen LogP contribution in [0.15, 0.2) is 54.0 Å². The predicted octanol–water partition coefficient (Wildman–Crippen LogP) is 5.71. The number of carbonyl (C=O) groups excluding carboxylic acids is 1. The van der Waals surface area contributed by atoms with Gasteiger partial charge in [-0.25, -0.2) is 15.0 Å². The number of hydrogen-bond donors (Lipinski definition) is 2. The first kappa shape index (κ1) is 24.3. The maximum atomic E-state index is 12.6. The highest BCUT2D eigenvalue weighted by Crippen LogP contribution is 2.28. The van der Waals surface area contributed by atoms with Crippen LogP contribution in [-0.2, 0) is 4.79 Å². The summed E-state index contributed by atoms with van der Waals surface area (Å²) in [6, 6.07) is 15.9.